The first-order chi connectivity index (χ1) is 6.84. The largest absolute Gasteiger partial charge is 0.464 e. The monoisotopic (exact) mass is 240 g/mol. The van der Waals surface area contributed by atoms with Crippen LogP contribution in [0.5, 0.6) is 0 Å². The van der Waals surface area contributed by atoms with Gasteiger partial charge >= 0.3 is 12.1 Å². The Balaban J connectivity index is 3.23. The van der Waals surface area contributed by atoms with Crippen molar-refractivity contribution in [3.8, 4) is 0 Å². The number of aromatic nitrogens is 2. The summed E-state index contributed by atoms with van der Waals surface area (Å²) in [6.07, 6.45) is -4.69. The Labute approximate surface area is 87.0 Å². The van der Waals surface area contributed by atoms with Crippen LogP contribution in [0.25, 0.3) is 0 Å². The van der Waals surface area contributed by atoms with Crippen LogP contribution in [0.3, 0.4) is 0 Å². The molecule has 15 heavy (non-hydrogen) atoms. The minimum Gasteiger partial charge on any atom is -0.464 e. The predicted octanol–water partition coefficient (Wildman–Crippen LogP) is 1.94. The lowest BCUT2D eigenvalue weighted by atomic mass is 10.3. The summed E-state index contributed by atoms with van der Waals surface area (Å²) in [7, 11) is 1.02. The summed E-state index contributed by atoms with van der Waals surface area (Å²) in [5.41, 5.74) is -1.83. The molecule has 0 saturated carbocycles. The number of rotatable bonds is 1. The summed E-state index contributed by atoms with van der Waals surface area (Å²) in [5, 5.41) is -0.662. The van der Waals surface area contributed by atoms with Crippen LogP contribution in [-0.2, 0) is 10.9 Å². The maximum atomic E-state index is 12.2. The molecule has 0 fully saturated rings. The summed E-state index contributed by atoms with van der Waals surface area (Å²) < 4.78 is 40.8. The number of hydrogen-bond acceptors (Lipinski definition) is 4. The second-order valence-corrected chi connectivity index (χ2v) is 2.73. The van der Waals surface area contributed by atoms with E-state index in [2.05, 4.69) is 14.7 Å². The van der Waals surface area contributed by atoms with Crippen LogP contribution in [0, 0.1) is 0 Å². The highest BCUT2D eigenvalue weighted by Crippen LogP contribution is 2.28. The SMILES string of the molecule is COC(=O)c1cc(C(F)(F)F)nc(Cl)n1. The molecule has 0 aromatic carbocycles. The topological polar surface area (TPSA) is 52.1 Å². The van der Waals surface area contributed by atoms with Crippen LogP contribution in [0.4, 0.5) is 13.2 Å². The lowest BCUT2D eigenvalue weighted by Gasteiger charge is -2.06. The molecule has 1 heterocycles. The molecule has 8 heteroatoms. The first-order valence-electron chi connectivity index (χ1n) is 3.54. The molecule has 0 bridgehead atoms. The molecule has 82 valence electrons. The van der Waals surface area contributed by atoms with Crippen LogP contribution in [0.1, 0.15) is 16.2 Å². The Bertz CT molecular complexity index is 394. The van der Waals surface area contributed by atoms with E-state index in [1.807, 2.05) is 0 Å². The van der Waals surface area contributed by atoms with E-state index in [1.54, 1.807) is 0 Å². The number of esters is 1. The molecular weight excluding hydrogens is 237 g/mol. The number of methoxy groups -OCH3 is 1. The number of carbonyl (C=O) groups is 1. The van der Waals surface area contributed by atoms with Crippen molar-refractivity contribution in [2.75, 3.05) is 7.11 Å². The average molecular weight is 241 g/mol. The average Bonchev–Trinajstić information content (AvgIpc) is 2.14. The van der Waals surface area contributed by atoms with Gasteiger partial charge in [0, 0.05) is 6.07 Å². The lowest BCUT2D eigenvalue weighted by Crippen LogP contribution is -2.13. The Morgan fingerprint density at radius 1 is 1.47 bits per heavy atom. The van der Waals surface area contributed by atoms with Gasteiger partial charge in [0.25, 0.3) is 0 Å². The van der Waals surface area contributed by atoms with E-state index in [0.717, 1.165) is 7.11 Å². The Kier molecular flexibility index (Phi) is 3.13. The summed E-state index contributed by atoms with van der Waals surface area (Å²) in [6, 6.07) is 0.470. The number of alkyl halides is 3. The molecular formula is C7H4ClF3N2O2. The fraction of sp³-hybridized carbons (Fsp3) is 0.286. The molecule has 0 unspecified atom stereocenters. The molecule has 0 aliphatic heterocycles. The van der Waals surface area contributed by atoms with Crippen molar-refractivity contribution in [2.45, 2.75) is 6.18 Å². The number of nitrogens with zero attached hydrogens (tertiary/aromatic N) is 2. The molecule has 0 atom stereocenters. The number of halogens is 4. The number of carbonyl (C=O) groups excluding carboxylic acids is 1. The maximum absolute atomic E-state index is 12.2. The summed E-state index contributed by atoms with van der Waals surface area (Å²) in [5.74, 6) is -1.01. The molecule has 0 radical (unpaired) electrons. The van der Waals surface area contributed by atoms with E-state index in [1.165, 1.54) is 0 Å². The van der Waals surface area contributed by atoms with Crippen molar-refractivity contribution in [1.82, 2.24) is 9.97 Å². The summed E-state index contributed by atoms with van der Waals surface area (Å²) >= 11 is 5.23. The van der Waals surface area contributed by atoms with E-state index >= 15 is 0 Å². The van der Waals surface area contributed by atoms with Crippen LogP contribution in [0.2, 0.25) is 5.28 Å². The van der Waals surface area contributed by atoms with Gasteiger partial charge in [-0.15, -0.1) is 0 Å². The molecule has 0 aliphatic carbocycles. The number of hydrogen-bond donors (Lipinski definition) is 0. The highest BCUT2D eigenvalue weighted by Gasteiger charge is 2.34. The van der Waals surface area contributed by atoms with E-state index in [-0.39, 0.29) is 0 Å². The van der Waals surface area contributed by atoms with Gasteiger partial charge in [-0.2, -0.15) is 13.2 Å². The quantitative estimate of drug-likeness (QED) is 0.556. The Morgan fingerprint density at radius 3 is 2.53 bits per heavy atom. The van der Waals surface area contributed by atoms with E-state index < -0.39 is 28.8 Å². The van der Waals surface area contributed by atoms with Crippen molar-refractivity contribution >= 4 is 17.6 Å². The van der Waals surface area contributed by atoms with Gasteiger partial charge in [-0.1, -0.05) is 0 Å². The molecule has 0 aliphatic rings. The zero-order valence-electron chi connectivity index (χ0n) is 7.30. The van der Waals surface area contributed by atoms with Gasteiger partial charge in [-0.3, -0.25) is 0 Å². The van der Waals surface area contributed by atoms with Gasteiger partial charge in [0.2, 0.25) is 5.28 Å². The molecule has 4 nitrogen and oxygen atoms in total. The zero-order valence-corrected chi connectivity index (χ0v) is 8.06. The first-order valence-corrected chi connectivity index (χ1v) is 3.92. The van der Waals surface area contributed by atoms with Gasteiger partial charge in [-0.25, -0.2) is 14.8 Å². The van der Waals surface area contributed by atoms with Gasteiger partial charge in [0.15, 0.2) is 5.69 Å². The molecule has 1 rings (SSSR count). The van der Waals surface area contributed by atoms with Crippen LogP contribution < -0.4 is 0 Å². The van der Waals surface area contributed by atoms with Crippen molar-refractivity contribution < 1.29 is 22.7 Å². The van der Waals surface area contributed by atoms with E-state index in [9.17, 15) is 18.0 Å². The van der Waals surface area contributed by atoms with Crippen molar-refractivity contribution in [3.63, 3.8) is 0 Å². The van der Waals surface area contributed by atoms with E-state index in [0.29, 0.717) is 6.07 Å². The third-order valence-electron chi connectivity index (χ3n) is 1.38. The maximum Gasteiger partial charge on any atom is 0.433 e. The molecule has 1 aromatic heterocycles. The predicted molar refractivity (Wildman–Crippen MR) is 43.4 cm³/mol. The molecule has 0 amide bonds. The third kappa shape index (κ3) is 2.79. The van der Waals surface area contributed by atoms with Gasteiger partial charge in [0.05, 0.1) is 7.11 Å². The smallest absolute Gasteiger partial charge is 0.433 e. The molecule has 0 N–H and O–H groups in total. The third-order valence-corrected chi connectivity index (χ3v) is 1.55. The minimum atomic E-state index is -4.69. The Hall–Kier alpha value is -1.37. The molecule has 1 aromatic rings. The standard InChI is InChI=1S/C7H4ClF3N2O2/c1-15-5(14)3-2-4(7(9,10)11)13-6(8)12-3/h2H,1H3. The van der Waals surface area contributed by atoms with E-state index in [4.69, 9.17) is 11.6 Å². The lowest BCUT2D eigenvalue weighted by molar-refractivity contribution is -0.141. The highest BCUT2D eigenvalue weighted by atomic mass is 35.5. The summed E-state index contributed by atoms with van der Waals surface area (Å²) in [4.78, 5) is 17.1. The summed E-state index contributed by atoms with van der Waals surface area (Å²) in [6.45, 7) is 0. The minimum absolute atomic E-state index is 0.470. The second-order valence-electron chi connectivity index (χ2n) is 2.40. The van der Waals surface area contributed by atoms with Crippen LogP contribution in [-0.4, -0.2) is 23.0 Å². The second kappa shape index (κ2) is 4.01. The van der Waals surface area contributed by atoms with Crippen LogP contribution in [0.15, 0.2) is 6.07 Å². The highest BCUT2D eigenvalue weighted by molar-refractivity contribution is 6.28. The zero-order chi connectivity index (χ0) is 11.6. The van der Waals surface area contributed by atoms with Crippen LogP contribution >= 0.6 is 11.6 Å². The van der Waals surface area contributed by atoms with Gasteiger partial charge in [0.1, 0.15) is 5.69 Å². The van der Waals surface area contributed by atoms with Crippen molar-refractivity contribution in [1.29, 1.82) is 0 Å². The van der Waals surface area contributed by atoms with Gasteiger partial charge < -0.3 is 4.74 Å². The normalized spacial score (nSPS) is 11.3. The first kappa shape index (κ1) is 11.7. The Morgan fingerprint density at radius 2 is 2.07 bits per heavy atom. The van der Waals surface area contributed by atoms with Gasteiger partial charge in [-0.05, 0) is 11.6 Å². The van der Waals surface area contributed by atoms with Crippen molar-refractivity contribution in [3.05, 3.63) is 22.7 Å². The fourth-order valence-electron chi connectivity index (χ4n) is 0.772. The molecule has 0 spiro atoms. The van der Waals surface area contributed by atoms with Crippen molar-refractivity contribution in [2.24, 2.45) is 0 Å². The fourth-order valence-corrected chi connectivity index (χ4v) is 0.954. The molecule has 0 saturated heterocycles. The number of ether oxygens (including phenoxy) is 1.